The van der Waals surface area contributed by atoms with Gasteiger partial charge in [0.05, 0.1) is 6.21 Å². The van der Waals surface area contributed by atoms with Gasteiger partial charge in [0, 0.05) is 19.8 Å². The molecular weight excluding hydrogens is 314 g/mol. The zero-order chi connectivity index (χ0) is 18.2. The minimum Gasteiger partial charge on any atom is -0.484 e. The number of ether oxygens (including phenoxy) is 1. The Bertz CT molecular complexity index is 705. The maximum absolute atomic E-state index is 11.8. The van der Waals surface area contributed by atoms with Crippen LogP contribution in [0, 0.1) is 0 Å². The Morgan fingerprint density at radius 1 is 1.12 bits per heavy atom. The van der Waals surface area contributed by atoms with Crippen LogP contribution in [0.5, 0.6) is 5.75 Å². The third-order valence-corrected chi connectivity index (χ3v) is 3.73. The van der Waals surface area contributed by atoms with Gasteiger partial charge in [-0.25, -0.2) is 5.43 Å². The van der Waals surface area contributed by atoms with Crippen LogP contribution in [0.4, 0.5) is 5.69 Å². The maximum Gasteiger partial charge on any atom is 0.277 e. The van der Waals surface area contributed by atoms with Crippen LogP contribution >= 0.6 is 0 Å². The molecule has 2 aromatic rings. The molecule has 0 aliphatic carbocycles. The second-order valence-corrected chi connectivity index (χ2v) is 6.29. The van der Waals surface area contributed by atoms with Crippen molar-refractivity contribution in [3.63, 3.8) is 0 Å². The molecule has 0 aliphatic heterocycles. The molecule has 1 N–H and O–H groups in total. The molecule has 0 spiro atoms. The molecule has 0 aliphatic rings. The first-order chi connectivity index (χ1) is 12.0. The minimum atomic E-state index is -0.297. The van der Waals surface area contributed by atoms with Gasteiger partial charge in [0.1, 0.15) is 5.75 Å². The third kappa shape index (κ3) is 5.95. The smallest absolute Gasteiger partial charge is 0.277 e. The predicted molar refractivity (Wildman–Crippen MR) is 103 cm³/mol. The molecule has 0 saturated heterocycles. The zero-order valence-electron chi connectivity index (χ0n) is 15.2. The number of hydrogen-bond donors (Lipinski definition) is 1. The first-order valence-corrected chi connectivity index (χ1v) is 8.28. The minimum absolute atomic E-state index is 0.0715. The fourth-order valence-corrected chi connectivity index (χ4v) is 2.17. The van der Waals surface area contributed by atoms with Crippen LogP contribution in [-0.2, 0) is 4.79 Å². The summed E-state index contributed by atoms with van der Waals surface area (Å²) in [4.78, 5) is 13.8. The van der Waals surface area contributed by atoms with E-state index >= 15 is 0 Å². The van der Waals surface area contributed by atoms with Crippen molar-refractivity contribution in [1.29, 1.82) is 0 Å². The summed E-state index contributed by atoms with van der Waals surface area (Å²) in [5, 5.41) is 3.95. The normalized spacial score (nSPS) is 10.9. The topological polar surface area (TPSA) is 53.9 Å². The first-order valence-electron chi connectivity index (χ1n) is 8.28. The Morgan fingerprint density at radius 3 is 2.32 bits per heavy atom. The summed E-state index contributed by atoms with van der Waals surface area (Å²) in [6.45, 7) is 4.20. The second-order valence-electron chi connectivity index (χ2n) is 6.29. The lowest BCUT2D eigenvalue weighted by Crippen LogP contribution is -2.24. The standard InChI is InChI=1S/C20H25N3O2/c1-15(2)17-7-11-19(12-8-17)25-14-20(24)22-21-13-16-5-9-18(10-6-16)23(3)4/h5-13,15H,14H2,1-4H3,(H,22,24). The number of nitrogens with zero attached hydrogens (tertiary/aromatic N) is 2. The van der Waals surface area contributed by atoms with Crippen LogP contribution in [0.25, 0.3) is 0 Å². The average molecular weight is 339 g/mol. The Labute approximate surface area is 149 Å². The molecule has 0 heterocycles. The number of hydrogen-bond acceptors (Lipinski definition) is 4. The summed E-state index contributed by atoms with van der Waals surface area (Å²) in [6, 6.07) is 15.6. The number of anilines is 1. The van der Waals surface area contributed by atoms with Crippen molar-refractivity contribution in [2.45, 2.75) is 19.8 Å². The fourth-order valence-electron chi connectivity index (χ4n) is 2.17. The highest BCUT2D eigenvalue weighted by molar-refractivity contribution is 5.83. The lowest BCUT2D eigenvalue weighted by molar-refractivity contribution is -0.123. The highest BCUT2D eigenvalue weighted by atomic mass is 16.5. The Kier molecular flexibility index (Phi) is 6.57. The van der Waals surface area contributed by atoms with E-state index in [0.29, 0.717) is 11.7 Å². The second kappa shape index (κ2) is 8.87. The van der Waals surface area contributed by atoms with Gasteiger partial charge in [-0.15, -0.1) is 0 Å². The predicted octanol–water partition coefficient (Wildman–Crippen LogP) is 3.41. The van der Waals surface area contributed by atoms with Crippen molar-refractivity contribution >= 4 is 17.8 Å². The molecule has 2 rings (SSSR count). The molecule has 132 valence electrons. The summed E-state index contributed by atoms with van der Waals surface area (Å²) in [5.74, 6) is 0.843. The molecule has 0 aromatic heterocycles. The summed E-state index contributed by atoms with van der Waals surface area (Å²) in [7, 11) is 3.97. The van der Waals surface area contributed by atoms with Gasteiger partial charge in [-0.3, -0.25) is 4.79 Å². The Hall–Kier alpha value is -2.82. The molecule has 0 radical (unpaired) electrons. The van der Waals surface area contributed by atoms with E-state index in [1.165, 1.54) is 5.56 Å². The van der Waals surface area contributed by atoms with Crippen LogP contribution in [0.2, 0.25) is 0 Å². The van der Waals surface area contributed by atoms with Gasteiger partial charge in [0.15, 0.2) is 6.61 Å². The van der Waals surface area contributed by atoms with E-state index < -0.39 is 0 Å². The number of carbonyl (C=O) groups excluding carboxylic acids is 1. The molecule has 25 heavy (non-hydrogen) atoms. The zero-order valence-corrected chi connectivity index (χ0v) is 15.2. The lowest BCUT2D eigenvalue weighted by atomic mass is 10.0. The number of nitrogens with one attached hydrogen (secondary N) is 1. The van der Waals surface area contributed by atoms with Gasteiger partial charge in [0.25, 0.3) is 5.91 Å². The van der Waals surface area contributed by atoms with Crippen molar-refractivity contribution in [3.05, 3.63) is 59.7 Å². The molecule has 0 atom stereocenters. The molecular formula is C20H25N3O2. The van der Waals surface area contributed by atoms with Gasteiger partial charge in [-0.1, -0.05) is 38.1 Å². The van der Waals surface area contributed by atoms with Crippen molar-refractivity contribution < 1.29 is 9.53 Å². The van der Waals surface area contributed by atoms with Gasteiger partial charge in [-0.2, -0.15) is 5.10 Å². The van der Waals surface area contributed by atoms with Gasteiger partial charge in [-0.05, 0) is 41.3 Å². The van der Waals surface area contributed by atoms with Crippen molar-refractivity contribution in [3.8, 4) is 5.75 Å². The van der Waals surface area contributed by atoms with Gasteiger partial charge in [0.2, 0.25) is 0 Å². The lowest BCUT2D eigenvalue weighted by Gasteiger charge is -2.11. The average Bonchev–Trinajstić information content (AvgIpc) is 2.60. The van der Waals surface area contributed by atoms with E-state index in [2.05, 4.69) is 24.4 Å². The summed E-state index contributed by atoms with van der Waals surface area (Å²) in [6.07, 6.45) is 1.61. The molecule has 0 saturated carbocycles. The molecule has 5 heteroatoms. The fraction of sp³-hybridized carbons (Fsp3) is 0.300. The third-order valence-electron chi connectivity index (χ3n) is 3.73. The van der Waals surface area contributed by atoms with E-state index in [1.807, 2.05) is 67.5 Å². The molecule has 2 aromatic carbocycles. The van der Waals surface area contributed by atoms with Crippen LogP contribution < -0.4 is 15.1 Å². The van der Waals surface area contributed by atoms with Crippen LogP contribution in [-0.4, -0.2) is 32.8 Å². The van der Waals surface area contributed by atoms with Crippen molar-refractivity contribution in [1.82, 2.24) is 5.43 Å². The molecule has 0 bridgehead atoms. The summed E-state index contributed by atoms with van der Waals surface area (Å²) in [5.41, 5.74) is 5.72. The quantitative estimate of drug-likeness (QED) is 0.621. The number of hydrazone groups is 1. The van der Waals surface area contributed by atoms with Crippen molar-refractivity contribution in [2.24, 2.45) is 5.10 Å². The Morgan fingerprint density at radius 2 is 1.76 bits per heavy atom. The Balaban J connectivity index is 1.78. The highest BCUT2D eigenvalue weighted by Gasteiger charge is 2.03. The van der Waals surface area contributed by atoms with E-state index in [0.717, 1.165) is 11.3 Å². The van der Waals surface area contributed by atoms with E-state index in [4.69, 9.17) is 4.74 Å². The molecule has 1 amide bonds. The number of rotatable bonds is 7. The number of carbonyl (C=O) groups is 1. The van der Waals surface area contributed by atoms with Gasteiger partial charge >= 0.3 is 0 Å². The van der Waals surface area contributed by atoms with E-state index in [9.17, 15) is 4.79 Å². The van der Waals surface area contributed by atoms with E-state index in [1.54, 1.807) is 6.21 Å². The molecule has 5 nitrogen and oxygen atoms in total. The van der Waals surface area contributed by atoms with Crippen molar-refractivity contribution in [2.75, 3.05) is 25.6 Å². The first kappa shape index (κ1) is 18.5. The molecule has 0 unspecified atom stereocenters. The highest BCUT2D eigenvalue weighted by Crippen LogP contribution is 2.18. The largest absolute Gasteiger partial charge is 0.484 e. The van der Waals surface area contributed by atoms with Crippen LogP contribution in [0.3, 0.4) is 0 Å². The summed E-state index contributed by atoms with van der Waals surface area (Å²) < 4.78 is 5.46. The van der Waals surface area contributed by atoms with E-state index in [-0.39, 0.29) is 12.5 Å². The number of benzene rings is 2. The monoisotopic (exact) mass is 339 g/mol. The summed E-state index contributed by atoms with van der Waals surface area (Å²) >= 11 is 0. The van der Waals surface area contributed by atoms with Gasteiger partial charge < -0.3 is 9.64 Å². The molecule has 0 fully saturated rings. The maximum atomic E-state index is 11.8. The van der Waals surface area contributed by atoms with Crippen LogP contribution in [0.15, 0.2) is 53.6 Å². The SMILES string of the molecule is CC(C)c1ccc(OCC(=O)NN=Cc2ccc(N(C)C)cc2)cc1. The number of amides is 1. The van der Waals surface area contributed by atoms with Crippen LogP contribution in [0.1, 0.15) is 30.9 Å².